The van der Waals surface area contributed by atoms with Crippen LogP contribution in [0, 0.1) is 11.3 Å². The van der Waals surface area contributed by atoms with E-state index in [-0.39, 0.29) is 0 Å². The smallest absolute Gasteiger partial charge is 0.0587 e. The summed E-state index contributed by atoms with van der Waals surface area (Å²) in [6, 6.07) is 0.531. The van der Waals surface area contributed by atoms with Crippen molar-refractivity contribution >= 4 is 0 Å². The van der Waals surface area contributed by atoms with Crippen LogP contribution in [0.1, 0.15) is 47.5 Å². The van der Waals surface area contributed by atoms with Gasteiger partial charge < -0.3 is 15.4 Å². The Morgan fingerprint density at radius 1 is 1.11 bits per heavy atom. The van der Waals surface area contributed by atoms with E-state index in [0.29, 0.717) is 11.5 Å². The SMILES string of the molecule is COCCNCC(C)NCCC(C)CC(C)(C)C. The van der Waals surface area contributed by atoms with Gasteiger partial charge in [0.2, 0.25) is 0 Å². The zero-order chi connectivity index (χ0) is 14.0. The molecule has 2 atom stereocenters. The van der Waals surface area contributed by atoms with E-state index in [1.807, 2.05) is 0 Å². The second kappa shape index (κ2) is 9.76. The van der Waals surface area contributed by atoms with Gasteiger partial charge in [-0.15, -0.1) is 0 Å². The van der Waals surface area contributed by atoms with Crippen LogP contribution in [0.5, 0.6) is 0 Å². The van der Waals surface area contributed by atoms with Crippen LogP contribution in [0.4, 0.5) is 0 Å². The van der Waals surface area contributed by atoms with Gasteiger partial charge in [0.05, 0.1) is 6.61 Å². The lowest BCUT2D eigenvalue weighted by atomic mass is 9.84. The lowest BCUT2D eigenvalue weighted by Crippen LogP contribution is -2.38. The summed E-state index contributed by atoms with van der Waals surface area (Å²) in [6.07, 6.45) is 2.56. The molecule has 3 nitrogen and oxygen atoms in total. The third-order valence-electron chi connectivity index (χ3n) is 3.02. The highest BCUT2D eigenvalue weighted by Gasteiger charge is 2.14. The second-order valence-electron chi connectivity index (χ2n) is 6.71. The van der Waals surface area contributed by atoms with Crippen LogP contribution < -0.4 is 10.6 Å². The highest BCUT2D eigenvalue weighted by molar-refractivity contribution is 4.69. The molecule has 0 radical (unpaired) electrons. The molecule has 2 N–H and O–H groups in total. The maximum absolute atomic E-state index is 5.00. The van der Waals surface area contributed by atoms with E-state index in [0.717, 1.165) is 32.2 Å². The monoisotopic (exact) mass is 258 g/mol. The first-order chi connectivity index (χ1) is 8.35. The standard InChI is InChI=1S/C15H34N2O/c1-13(11-15(3,4)5)7-8-17-14(2)12-16-9-10-18-6/h13-14,16-17H,7-12H2,1-6H3. The van der Waals surface area contributed by atoms with Crippen molar-refractivity contribution < 1.29 is 4.74 Å². The Kier molecular flexibility index (Phi) is 9.70. The first kappa shape index (κ1) is 17.9. The first-order valence-electron chi connectivity index (χ1n) is 7.28. The van der Waals surface area contributed by atoms with Crippen molar-refractivity contribution in [1.29, 1.82) is 0 Å². The van der Waals surface area contributed by atoms with E-state index in [4.69, 9.17) is 4.74 Å². The Morgan fingerprint density at radius 3 is 2.33 bits per heavy atom. The van der Waals surface area contributed by atoms with Crippen molar-refractivity contribution in [1.82, 2.24) is 10.6 Å². The molecule has 110 valence electrons. The summed E-state index contributed by atoms with van der Waals surface area (Å²) in [7, 11) is 1.74. The molecule has 0 rings (SSSR count). The molecule has 0 saturated heterocycles. The highest BCUT2D eigenvalue weighted by atomic mass is 16.5. The molecule has 0 saturated carbocycles. The molecule has 0 aromatic carbocycles. The van der Waals surface area contributed by atoms with Crippen molar-refractivity contribution in [3.63, 3.8) is 0 Å². The number of methoxy groups -OCH3 is 1. The zero-order valence-electron chi connectivity index (χ0n) is 13.3. The Hall–Kier alpha value is -0.120. The topological polar surface area (TPSA) is 33.3 Å². The number of ether oxygens (including phenoxy) is 1. The van der Waals surface area contributed by atoms with Gasteiger partial charge in [-0.2, -0.15) is 0 Å². The molecule has 0 aliphatic heterocycles. The Morgan fingerprint density at radius 2 is 1.78 bits per heavy atom. The van der Waals surface area contributed by atoms with E-state index < -0.39 is 0 Å². The minimum atomic E-state index is 0.451. The van der Waals surface area contributed by atoms with Gasteiger partial charge in [-0.05, 0) is 37.6 Å². The fraction of sp³-hybridized carbons (Fsp3) is 1.00. The summed E-state index contributed by atoms with van der Waals surface area (Å²) < 4.78 is 5.00. The zero-order valence-corrected chi connectivity index (χ0v) is 13.3. The van der Waals surface area contributed by atoms with Crippen LogP contribution in [0.3, 0.4) is 0 Å². The molecule has 0 fully saturated rings. The predicted molar refractivity (Wildman–Crippen MR) is 80.1 cm³/mol. The van der Waals surface area contributed by atoms with Gasteiger partial charge in [-0.3, -0.25) is 0 Å². The quantitative estimate of drug-likeness (QED) is 0.591. The molecule has 0 spiro atoms. The third-order valence-corrected chi connectivity index (χ3v) is 3.02. The summed E-state index contributed by atoms with van der Waals surface area (Å²) >= 11 is 0. The summed E-state index contributed by atoms with van der Waals surface area (Å²) in [5.74, 6) is 0.797. The molecule has 2 unspecified atom stereocenters. The van der Waals surface area contributed by atoms with Crippen molar-refractivity contribution in [3.8, 4) is 0 Å². The maximum Gasteiger partial charge on any atom is 0.0587 e. The summed E-state index contributed by atoms with van der Waals surface area (Å²) in [4.78, 5) is 0. The summed E-state index contributed by atoms with van der Waals surface area (Å²) in [5, 5.41) is 6.95. The Labute approximate surface area is 114 Å². The maximum atomic E-state index is 5.00. The summed E-state index contributed by atoms with van der Waals surface area (Å²) in [6.45, 7) is 15.4. The average molecular weight is 258 g/mol. The number of nitrogens with one attached hydrogen (secondary N) is 2. The van der Waals surface area contributed by atoms with Crippen molar-refractivity contribution in [2.45, 2.75) is 53.5 Å². The molecule has 0 heterocycles. The van der Waals surface area contributed by atoms with E-state index in [9.17, 15) is 0 Å². The van der Waals surface area contributed by atoms with Gasteiger partial charge in [0.25, 0.3) is 0 Å². The van der Waals surface area contributed by atoms with Gasteiger partial charge in [-0.1, -0.05) is 27.7 Å². The van der Waals surface area contributed by atoms with E-state index in [1.165, 1.54) is 12.8 Å². The van der Waals surface area contributed by atoms with Crippen LogP contribution in [0.2, 0.25) is 0 Å². The molecule has 0 aromatic rings. The van der Waals surface area contributed by atoms with Gasteiger partial charge in [0, 0.05) is 26.2 Å². The third kappa shape index (κ3) is 12.3. The predicted octanol–water partition coefficient (Wildman–Crippen LogP) is 2.66. The van der Waals surface area contributed by atoms with Crippen LogP contribution in [-0.2, 0) is 4.74 Å². The molecule has 3 heteroatoms. The fourth-order valence-electron chi connectivity index (χ4n) is 2.29. The largest absolute Gasteiger partial charge is 0.383 e. The number of rotatable bonds is 10. The van der Waals surface area contributed by atoms with Crippen molar-refractivity contribution in [2.75, 3.05) is 33.4 Å². The average Bonchev–Trinajstić information content (AvgIpc) is 2.22. The highest BCUT2D eigenvalue weighted by Crippen LogP contribution is 2.25. The van der Waals surface area contributed by atoms with Crippen molar-refractivity contribution in [3.05, 3.63) is 0 Å². The Balaban J connectivity index is 3.47. The lowest BCUT2D eigenvalue weighted by molar-refractivity contribution is 0.198. The van der Waals surface area contributed by atoms with Crippen LogP contribution in [-0.4, -0.2) is 39.4 Å². The van der Waals surface area contributed by atoms with Gasteiger partial charge in [-0.25, -0.2) is 0 Å². The normalized spacial score (nSPS) is 15.7. The molecule has 0 bridgehead atoms. The van der Waals surface area contributed by atoms with Gasteiger partial charge in [0.1, 0.15) is 0 Å². The molecule has 0 aromatic heterocycles. The lowest BCUT2D eigenvalue weighted by Gasteiger charge is -2.24. The van der Waals surface area contributed by atoms with E-state index in [1.54, 1.807) is 7.11 Å². The molecule has 0 aliphatic carbocycles. The van der Waals surface area contributed by atoms with Crippen molar-refractivity contribution in [2.24, 2.45) is 11.3 Å². The molecule has 0 amide bonds. The number of hydrogen-bond donors (Lipinski definition) is 2. The minimum absolute atomic E-state index is 0.451. The molecular weight excluding hydrogens is 224 g/mol. The van der Waals surface area contributed by atoms with Crippen LogP contribution >= 0.6 is 0 Å². The Bertz CT molecular complexity index is 189. The van der Waals surface area contributed by atoms with Crippen LogP contribution in [0.15, 0.2) is 0 Å². The van der Waals surface area contributed by atoms with E-state index >= 15 is 0 Å². The van der Waals surface area contributed by atoms with Gasteiger partial charge in [0.15, 0.2) is 0 Å². The second-order valence-corrected chi connectivity index (χ2v) is 6.71. The molecule has 18 heavy (non-hydrogen) atoms. The fourth-order valence-corrected chi connectivity index (χ4v) is 2.29. The number of hydrogen-bond acceptors (Lipinski definition) is 3. The minimum Gasteiger partial charge on any atom is -0.383 e. The van der Waals surface area contributed by atoms with E-state index in [2.05, 4.69) is 45.3 Å². The van der Waals surface area contributed by atoms with Gasteiger partial charge >= 0.3 is 0 Å². The molecule has 0 aliphatic rings. The molecular formula is C15H34N2O. The summed E-state index contributed by atoms with van der Waals surface area (Å²) in [5.41, 5.74) is 0.451. The first-order valence-corrected chi connectivity index (χ1v) is 7.28. The van der Waals surface area contributed by atoms with Crippen LogP contribution in [0.25, 0.3) is 0 Å².